The van der Waals surface area contributed by atoms with Gasteiger partial charge in [0.2, 0.25) is 11.8 Å². The Bertz CT molecular complexity index is 1810. The lowest BCUT2D eigenvalue weighted by atomic mass is 9.98. The van der Waals surface area contributed by atoms with Crippen LogP contribution in [0.3, 0.4) is 0 Å². The van der Waals surface area contributed by atoms with E-state index in [-0.39, 0.29) is 38.6 Å². The molecule has 0 bridgehead atoms. The Morgan fingerprint density at radius 3 is 1.87 bits per heavy atom. The Morgan fingerprint density at radius 1 is 0.630 bits per heavy atom. The predicted molar refractivity (Wildman–Crippen MR) is 204 cm³/mol. The van der Waals surface area contributed by atoms with Crippen molar-refractivity contribution in [1.29, 1.82) is 0 Å². The number of hydrogen-bond acceptors (Lipinski definition) is 8. The fourth-order valence-corrected chi connectivity index (χ4v) is 6.26. The van der Waals surface area contributed by atoms with Crippen molar-refractivity contribution in [3.8, 4) is 11.1 Å². The van der Waals surface area contributed by atoms with E-state index in [1.165, 1.54) is 0 Å². The minimum Gasteiger partial charge on any atom is -0.449 e. The highest BCUT2D eigenvalue weighted by Crippen LogP contribution is 2.44. The van der Waals surface area contributed by atoms with Crippen LogP contribution in [0.25, 0.3) is 11.1 Å². The van der Waals surface area contributed by atoms with Crippen molar-refractivity contribution >= 4 is 35.6 Å². The van der Waals surface area contributed by atoms with E-state index in [0.29, 0.717) is 18.2 Å². The van der Waals surface area contributed by atoms with E-state index in [2.05, 4.69) is 21.3 Å². The largest absolute Gasteiger partial charge is 0.449 e. The fourth-order valence-electron chi connectivity index (χ4n) is 6.13. The highest BCUT2D eigenvalue weighted by molar-refractivity contribution is 6.30. The predicted octanol–water partition coefficient (Wildman–Crippen LogP) is 5.72. The molecule has 0 aliphatic heterocycles. The fraction of sp³-hybridized carbons (Fsp3) is 0.317. The molecule has 2 atom stereocenters. The molecule has 2 unspecified atom stereocenters. The summed E-state index contributed by atoms with van der Waals surface area (Å²) in [5.74, 6) is -1.44. The molecule has 1 aliphatic rings. The topological polar surface area (TPSA) is 153 Å². The Labute approximate surface area is 319 Å². The van der Waals surface area contributed by atoms with Crippen molar-refractivity contribution in [3.05, 3.63) is 130 Å². The lowest BCUT2D eigenvalue weighted by Gasteiger charge is -2.24. The van der Waals surface area contributed by atoms with E-state index in [4.69, 9.17) is 30.5 Å². The number of rotatable bonds is 18. The van der Waals surface area contributed by atoms with Crippen molar-refractivity contribution in [2.45, 2.75) is 51.2 Å². The van der Waals surface area contributed by atoms with Crippen LogP contribution in [0.15, 0.2) is 103 Å². The summed E-state index contributed by atoms with van der Waals surface area (Å²) >= 11 is 6.08. The molecule has 0 saturated heterocycles. The molecule has 12 nitrogen and oxygen atoms in total. The van der Waals surface area contributed by atoms with Gasteiger partial charge in [0, 0.05) is 30.6 Å². The lowest BCUT2D eigenvalue weighted by Crippen LogP contribution is -2.58. The summed E-state index contributed by atoms with van der Waals surface area (Å²) in [6, 6.07) is 29.4. The van der Waals surface area contributed by atoms with Crippen LogP contribution in [-0.4, -0.2) is 75.3 Å². The van der Waals surface area contributed by atoms with Crippen molar-refractivity contribution in [1.82, 2.24) is 21.3 Å². The van der Waals surface area contributed by atoms with Crippen LogP contribution in [0.4, 0.5) is 9.59 Å². The standard InChI is InChI=1S/C41H45ClN4O8/c1-3-51-37(52-4-2)24-43-38(47)35(22-27-18-20-29(42)21-19-27)45-39(48)36(46-41(50)53-25-28-12-6-5-7-13-28)23-44-40(49)54-26-34-32-16-10-8-14-30(32)31-15-9-11-17-33(31)34/h5-21,34-37H,3-4,22-26H2,1-2H3,(H,43,47)(H,44,49)(H,45,48)(H,46,50). The molecular formula is C41H45ClN4O8. The molecule has 4 amide bonds. The van der Waals surface area contributed by atoms with Crippen LogP contribution in [0.5, 0.6) is 0 Å². The zero-order valence-corrected chi connectivity index (χ0v) is 31.0. The second kappa shape index (κ2) is 20.1. The molecule has 4 N–H and O–H groups in total. The number of halogens is 1. The molecule has 0 fully saturated rings. The number of ether oxygens (including phenoxy) is 4. The Balaban J connectivity index is 1.27. The molecule has 4 aromatic carbocycles. The van der Waals surface area contributed by atoms with Crippen LogP contribution < -0.4 is 21.3 Å². The van der Waals surface area contributed by atoms with Crippen molar-refractivity contribution in [2.75, 3.05) is 32.9 Å². The normalized spacial score (nSPS) is 12.9. The quantitative estimate of drug-likeness (QED) is 0.0942. The number of hydrogen-bond donors (Lipinski definition) is 4. The first-order valence-corrected chi connectivity index (χ1v) is 18.2. The van der Waals surface area contributed by atoms with Gasteiger partial charge in [-0.1, -0.05) is 103 Å². The summed E-state index contributed by atoms with van der Waals surface area (Å²) in [7, 11) is 0. The summed E-state index contributed by atoms with van der Waals surface area (Å²) in [5.41, 5.74) is 5.72. The smallest absolute Gasteiger partial charge is 0.408 e. The van der Waals surface area contributed by atoms with Gasteiger partial charge in [-0.05, 0) is 59.4 Å². The van der Waals surface area contributed by atoms with Gasteiger partial charge in [-0.3, -0.25) is 9.59 Å². The summed E-state index contributed by atoms with van der Waals surface area (Å²) < 4.78 is 22.1. The Kier molecular flexibility index (Phi) is 14.8. The number of alkyl carbamates (subject to hydrolysis) is 2. The van der Waals surface area contributed by atoms with Crippen LogP contribution in [-0.2, 0) is 41.6 Å². The molecule has 1 aliphatic carbocycles. The Morgan fingerprint density at radius 2 is 1.24 bits per heavy atom. The molecule has 5 rings (SSSR count). The maximum atomic E-state index is 13.9. The highest BCUT2D eigenvalue weighted by Gasteiger charge is 2.31. The average molecular weight is 757 g/mol. The zero-order valence-electron chi connectivity index (χ0n) is 30.2. The second-order valence-corrected chi connectivity index (χ2v) is 12.9. The molecule has 13 heteroatoms. The van der Waals surface area contributed by atoms with E-state index < -0.39 is 42.4 Å². The van der Waals surface area contributed by atoms with Crippen molar-refractivity contribution < 1.29 is 38.1 Å². The highest BCUT2D eigenvalue weighted by atomic mass is 35.5. The number of amides is 4. The van der Waals surface area contributed by atoms with E-state index in [1.807, 2.05) is 80.6 Å². The minimum absolute atomic E-state index is 0.0321. The van der Waals surface area contributed by atoms with Crippen molar-refractivity contribution in [2.24, 2.45) is 0 Å². The zero-order chi connectivity index (χ0) is 38.3. The van der Waals surface area contributed by atoms with Gasteiger partial charge in [-0.2, -0.15) is 0 Å². The molecule has 0 saturated carbocycles. The molecule has 0 radical (unpaired) electrons. The average Bonchev–Trinajstić information content (AvgIpc) is 3.51. The number of nitrogens with one attached hydrogen (secondary N) is 4. The van der Waals surface area contributed by atoms with Gasteiger partial charge >= 0.3 is 12.2 Å². The van der Waals surface area contributed by atoms with E-state index in [0.717, 1.165) is 33.4 Å². The van der Waals surface area contributed by atoms with Gasteiger partial charge in [0.05, 0.1) is 13.1 Å². The SMILES string of the molecule is CCOC(CNC(=O)C(Cc1ccc(Cl)cc1)NC(=O)C(CNC(=O)OCC1c2ccccc2-c2ccccc21)NC(=O)OCc1ccccc1)OCC. The van der Waals surface area contributed by atoms with Gasteiger partial charge in [0.15, 0.2) is 6.29 Å². The molecule has 0 aromatic heterocycles. The molecule has 284 valence electrons. The third kappa shape index (κ3) is 11.3. The third-order valence-electron chi connectivity index (χ3n) is 8.75. The monoisotopic (exact) mass is 756 g/mol. The molecular weight excluding hydrogens is 712 g/mol. The number of carbonyl (C=O) groups is 4. The van der Waals surface area contributed by atoms with Gasteiger partial charge in [-0.25, -0.2) is 9.59 Å². The van der Waals surface area contributed by atoms with Crippen LogP contribution >= 0.6 is 11.6 Å². The van der Waals surface area contributed by atoms with Crippen LogP contribution in [0, 0.1) is 0 Å². The summed E-state index contributed by atoms with van der Waals surface area (Å²) in [5, 5.41) is 11.2. The van der Waals surface area contributed by atoms with E-state index >= 15 is 0 Å². The molecule has 0 heterocycles. The van der Waals surface area contributed by atoms with Crippen LogP contribution in [0.1, 0.15) is 42.0 Å². The lowest BCUT2D eigenvalue weighted by molar-refractivity contribution is -0.142. The molecule has 4 aromatic rings. The number of carbonyl (C=O) groups excluding carboxylic acids is 4. The van der Waals surface area contributed by atoms with Gasteiger partial charge in [0.1, 0.15) is 25.3 Å². The van der Waals surface area contributed by atoms with Crippen LogP contribution in [0.2, 0.25) is 5.02 Å². The number of benzene rings is 4. The van der Waals surface area contributed by atoms with Gasteiger partial charge in [-0.15, -0.1) is 0 Å². The van der Waals surface area contributed by atoms with E-state index in [1.54, 1.807) is 36.4 Å². The first kappa shape index (κ1) is 39.8. The molecule has 0 spiro atoms. The maximum Gasteiger partial charge on any atom is 0.408 e. The van der Waals surface area contributed by atoms with Gasteiger partial charge in [0.25, 0.3) is 0 Å². The minimum atomic E-state index is -1.35. The summed E-state index contributed by atoms with van der Waals surface area (Å²) in [6.07, 6.45) is -2.29. The summed E-state index contributed by atoms with van der Waals surface area (Å²) in [6.45, 7) is 4.03. The number of fused-ring (bicyclic) bond motifs is 3. The molecule has 54 heavy (non-hydrogen) atoms. The van der Waals surface area contributed by atoms with Gasteiger partial charge < -0.3 is 40.2 Å². The van der Waals surface area contributed by atoms with E-state index in [9.17, 15) is 19.2 Å². The first-order valence-electron chi connectivity index (χ1n) is 17.9. The Hall–Kier alpha value is -5.43. The second-order valence-electron chi connectivity index (χ2n) is 12.4. The first-order chi connectivity index (χ1) is 26.2. The third-order valence-corrected chi connectivity index (χ3v) is 9.00. The summed E-state index contributed by atoms with van der Waals surface area (Å²) in [4.78, 5) is 53.5. The van der Waals surface area contributed by atoms with Crippen molar-refractivity contribution in [3.63, 3.8) is 0 Å². The maximum absolute atomic E-state index is 13.9.